The largest absolute Gasteiger partial charge is 0.350 e. The first-order chi connectivity index (χ1) is 12.1. The van der Waals surface area contributed by atoms with Crippen LogP contribution in [-0.2, 0) is 11.3 Å². The Labute approximate surface area is 150 Å². The number of carbonyl (C=O) groups is 2. The monoisotopic (exact) mass is 350 g/mol. The molecule has 0 saturated carbocycles. The number of hydrogen-bond acceptors (Lipinski definition) is 2. The molecular formula is C20H15ClN2O2. The molecule has 4 nitrogen and oxygen atoms in total. The minimum absolute atomic E-state index is 0.0168. The molecule has 0 fully saturated rings. The second-order valence-corrected chi connectivity index (χ2v) is 6.35. The van der Waals surface area contributed by atoms with Gasteiger partial charge in [0.15, 0.2) is 0 Å². The first-order valence-electron chi connectivity index (χ1n) is 7.99. The van der Waals surface area contributed by atoms with Gasteiger partial charge in [-0.15, -0.1) is 0 Å². The second-order valence-electron chi connectivity index (χ2n) is 5.94. The molecule has 124 valence electrons. The van der Waals surface area contributed by atoms with Gasteiger partial charge in [0.25, 0.3) is 5.91 Å². The normalized spacial score (nSPS) is 12.7. The summed E-state index contributed by atoms with van der Waals surface area (Å²) in [5.74, 6) is -0.363. The lowest BCUT2D eigenvalue weighted by Crippen LogP contribution is -2.38. The zero-order chi connectivity index (χ0) is 17.4. The fourth-order valence-corrected chi connectivity index (χ4v) is 3.37. The average Bonchev–Trinajstić information content (AvgIpc) is 2.89. The van der Waals surface area contributed by atoms with Gasteiger partial charge in [-0.3, -0.25) is 14.5 Å². The van der Waals surface area contributed by atoms with Crippen LogP contribution in [0.2, 0.25) is 5.02 Å². The van der Waals surface area contributed by atoms with Crippen molar-refractivity contribution in [3.63, 3.8) is 0 Å². The lowest BCUT2D eigenvalue weighted by Gasteiger charge is -2.17. The van der Waals surface area contributed by atoms with Crippen molar-refractivity contribution in [2.45, 2.75) is 6.54 Å². The average molecular weight is 351 g/mol. The Hall–Kier alpha value is -2.85. The number of rotatable bonds is 4. The third-order valence-electron chi connectivity index (χ3n) is 4.38. The van der Waals surface area contributed by atoms with Gasteiger partial charge in [-0.2, -0.15) is 0 Å². The van der Waals surface area contributed by atoms with Gasteiger partial charge in [-0.25, -0.2) is 0 Å². The van der Waals surface area contributed by atoms with Crippen molar-refractivity contribution < 1.29 is 9.59 Å². The van der Waals surface area contributed by atoms with Crippen LogP contribution in [0.5, 0.6) is 0 Å². The molecule has 0 radical (unpaired) electrons. The fraction of sp³-hybridized carbons (Fsp3) is 0.100. The molecule has 1 aliphatic rings. The van der Waals surface area contributed by atoms with Crippen molar-refractivity contribution in [3.05, 3.63) is 76.8 Å². The number of amides is 2. The standard InChI is InChI=1S/C20H15ClN2O2/c21-16-9-2-1-5-14(16)11-22-18(24)12-23-17-10-4-7-13-6-3-8-15(19(13)17)20(23)25/h1-10H,11-12H2,(H,22,24). The summed E-state index contributed by atoms with van der Waals surface area (Å²) in [6.07, 6.45) is 0. The third kappa shape index (κ3) is 2.75. The van der Waals surface area contributed by atoms with Crippen LogP contribution in [0.1, 0.15) is 15.9 Å². The van der Waals surface area contributed by atoms with Crippen LogP contribution in [0.25, 0.3) is 10.8 Å². The smallest absolute Gasteiger partial charge is 0.259 e. The second kappa shape index (κ2) is 6.22. The first kappa shape index (κ1) is 15.7. The van der Waals surface area contributed by atoms with E-state index in [4.69, 9.17) is 11.6 Å². The molecule has 0 spiro atoms. The summed E-state index contributed by atoms with van der Waals surface area (Å²) in [7, 11) is 0. The summed E-state index contributed by atoms with van der Waals surface area (Å²) in [6.45, 7) is 0.314. The maximum absolute atomic E-state index is 12.7. The predicted octanol–water partition coefficient (Wildman–Crippen LogP) is 3.77. The van der Waals surface area contributed by atoms with Crippen molar-refractivity contribution in [3.8, 4) is 0 Å². The lowest BCUT2D eigenvalue weighted by atomic mass is 10.1. The first-order valence-corrected chi connectivity index (χ1v) is 8.36. The summed E-state index contributed by atoms with van der Waals surface area (Å²) < 4.78 is 0. The highest BCUT2D eigenvalue weighted by Crippen LogP contribution is 2.36. The number of nitrogens with one attached hydrogen (secondary N) is 1. The molecule has 3 aromatic carbocycles. The molecule has 5 heteroatoms. The van der Waals surface area contributed by atoms with Gasteiger partial charge >= 0.3 is 0 Å². The molecule has 0 aromatic heterocycles. The van der Waals surface area contributed by atoms with Crippen molar-refractivity contribution in [1.29, 1.82) is 0 Å². The van der Waals surface area contributed by atoms with E-state index in [1.807, 2.05) is 48.5 Å². The summed E-state index contributed by atoms with van der Waals surface area (Å²) in [4.78, 5) is 26.5. The predicted molar refractivity (Wildman–Crippen MR) is 98.9 cm³/mol. The highest BCUT2D eigenvalue weighted by Gasteiger charge is 2.30. The van der Waals surface area contributed by atoms with E-state index in [1.165, 1.54) is 4.90 Å². The molecule has 0 saturated heterocycles. The minimum atomic E-state index is -0.224. The summed E-state index contributed by atoms with van der Waals surface area (Å²) >= 11 is 6.10. The zero-order valence-corrected chi connectivity index (χ0v) is 14.1. The van der Waals surface area contributed by atoms with Crippen LogP contribution < -0.4 is 10.2 Å². The van der Waals surface area contributed by atoms with Gasteiger partial charge in [0.05, 0.1) is 5.69 Å². The van der Waals surface area contributed by atoms with Crippen LogP contribution in [0.3, 0.4) is 0 Å². The van der Waals surface area contributed by atoms with Crippen molar-refractivity contribution in [2.75, 3.05) is 11.4 Å². The molecule has 0 bridgehead atoms. The van der Waals surface area contributed by atoms with Crippen LogP contribution in [0.15, 0.2) is 60.7 Å². The van der Waals surface area contributed by atoms with E-state index in [9.17, 15) is 9.59 Å². The van der Waals surface area contributed by atoms with E-state index >= 15 is 0 Å². The minimum Gasteiger partial charge on any atom is -0.350 e. The molecule has 3 aromatic rings. The highest BCUT2D eigenvalue weighted by atomic mass is 35.5. The van der Waals surface area contributed by atoms with E-state index in [1.54, 1.807) is 12.1 Å². The molecule has 1 aliphatic heterocycles. The molecule has 0 unspecified atom stereocenters. The molecule has 0 aliphatic carbocycles. The maximum atomic E-state index is 12.7. The molecular weight excluding hydrogens is 336 g/mol. The van der Waals surface area contributed by atoms with Crippen LogP contribution >= 0.6 is 11.6 Å². The summed E-state index contributed by atoms with van der Waals surface area (Å²) in [5.41, 5.74) is 2.27. The summed E-state index contributed by atoms with van der Waals surface area (Å²) in [5, 5.41) is 5.35. The Bertz CT molecular complexity index is 995. The van der Waals surface area contributed by atoms with Crippen LogP contribution in [0, 0.1) is 0 Å². The van der Waals surface area contributed by atoms with Gasteiger partial charge in [-0.05, 0) is 29.1 Å². The van der Waals surface area contributed by atoms with E-state index in [0.717, 1.165) is 22.0 Å². The number of anilines is 1. The highest BCUT2D eigenvalue weighted by molar-refractivity contribution is 6.31. The van der Waals surface area contributed by atoms with Gasteiger partial charge < -0.3 is 5.32 Å². The Balaban J connectivity index is 1.52. The van der Waals surface area contributed by atoms with Crippen LogP contribution in [0.4, 0.5) is 5.69 Å². The molecule has 1 heterocycles. The number of hydrogen-bond donors (Lipinski definition) is 1. The zero-order valence-electron chi connectivity index (χ0n) is 13.3. The third-order valence-corrected chi connectivity index (χ3v) is 4.75. The van der Waals surface area contributed by atoms with Crippen molar-refractivity contribution >= 4 is 39.9 Å². The van der Waals surface area contributed by atoms with Crippen molar-refractivity contribution in [2.24, 2.45) is 0 Å². The number of carbonyl (C=O) groups excluding carboxylic acids is 2. The molecule has 1 N–H and O–H groups in total. The topological polar surface area (TPSA) is 49.4 Å². The van der Waals surface area contributed by atoms with Gasteiger partial charge in [0.1, 0.15) is 6.54 Å². The van der Waals surface area contributed by atoms with E-state index in [-0.39, 0.29) is 18.4 Å². The van der Waals surface area contributed by atoms with E-state index in [2.05, 4.69) is 5.32 Å². The number of halogens is 1. The maximum Gasteiger partial charge on any atom is 0.259 e. The number of nitrogens with zero attached hydrogens (tertiary/aromatic N) is 1. The lowest BCUT2D eigenvalue weighted by molar-refractivity contribution is -0.119. The molecule has 2 amide bonds. The number of benzene rings is 3. The molecule has 0 atom stereocenters. The van der Waals surface area contributed by atoms with Gasteiger partial charge in [-0.1, -0.05) is 54.1 Å². The van der Waals surface area contributed by atoms with Crippen LogP contribution in [-0.4, -0.2) is 18.4 Å². The quantitative estimate of drug-likeness (QED) is 0.778. The van der Waals surface area contributed by atoms with Gasteiger partial charge in [0, 0.05) is 22.5 Å². The van der Waals surface area contributed by atoms with Crippen molar-refractivity contribution in [1.82, 2.24) is 5.32 Å². The molecule has 25 heavy (non-hydrogen) atoms. The SMILES string of the molecule is O=C(CN1C(=O)c2cccc3cccc1c23)NCc1ccccc1Cl. The summed E-state index contributed by atoms with van der Waals surface area (Å²) in [6, 6.07) is 18.7. The molecule has 4 rings (SSSR count). The Morgan fingerprint density at radius 2 is 1.76 bits per heavy atom. The van der Waals surface area contributed by atoms with E-state index < -0.39 is 0 Å². The Morgan fingerprint density at radius 1 is 1.00 bits per heavy atom. The van der Waals surface area contributed by atoms with Gasteiger partial charge in [0.2, 0.25) is 5.91 Å². The Kier molecular flexibility index (Phi) is 3.90. The Morgan fingerprint density at radius 3 is 2.56 bits per heavy atom. The van der Waals surface area contributed by atoms with E-state index in [0.29, 0.717) is 17.1 Å². The fourth-order valence-electron chi connectivity index (χ4n) is 3.17.